The van der Waals surface area contributed by atoms with Gasteiger partial charge in [0.15, 0.2) is 0 Å². The Balaban J connectivity index is 1.41. The number of hydrogen-bond donors (Lipinski definition) is 1. The van der Waals surface area contributed by atoms with E-state index in [-0.39, 0.29) is 17.1 Å². The largest absolute Gasteiger partial charge is 0.322 e. The molecule has 0 aliphatic rings. The van der Waals surface area contributed by atoms with Crippen LogP contribution in [0.3, 0.4) is 0 Å². The van der Waals surface area contributed by atoms with Crippen molar-refractivity contribution in [3.05, 3.63) is 108 Å². The Morgan fingerprint density at radius 3 is 2.11 bits per heavy atom. The molecular formula is C29H23FN2O2S. The number of halogens is 1. The lowest BCUT2D eigenvalue weighted by Crippen LogP contribution is -2.23. The van der Waals surface area contributed by atoms with Crippen molar-refractivity contribution in [2.45, 2.75) is 23.5 Å². The minimum absolute atomic E-state index is 0.0238. The minimum atomic E-state index is -0.390. The highest BCUT2D eigenvalue weighted by molar-refractivity contribution is 8.00. The molecular weight excluding hydrogens is 459 g/mol. The average Bonchev–Trinajstić information content (AvgIpc) is 3.22. The van der Waals surface area contributed by atoms with E-state index in [0.717, 1.165) is 26.7 Å². The van der Waals surface area contributed by atoms with Crippen molar-refractivity contribution < 1.29 is 14.0 Å². The summed E-state index contributed by atoms with van der Waals surface area (Å²) < 4.78 is 15.0. The van der Waals surface area contributed by atoms with E-state index < -0.39 is 5.82 Å². The standard InChI is InChI=1S/C29H23FN2O2S/c1-2-27(29(34)32-25-12-5-3-10-23(25)24-11-4-6-13-26(24)32)35-22-9-7-8-21(18-22)31-28(33)19-14-16-20(30)17-15-19/h3-18,27H,2H2,1H3,(H,31,33). The van der Waals surface area contributed by atoms with Gasteiger partial charge in [-0.1, -0.05) is 49.4 Å². The molecule has 0 aliphatic heterocycles. The topological polar surface area (TPSA) is 51.1 Å². The van der Waals surface area contributed by atoms with Crippen LogP contribution in [0.5, 0.6) is 0 Å². The third-order valence-corrected chi connectivity index (χ3v) is 7.27. The van der Waals surface area contributed by atoms with E-state index in [1.807, 2.05) is 78.2 Å². The zero-order valence-corrected chi connectivity index (χ0v) is 19.9. The second kappa shape index (κ2) is 9.76. The van der Waals surface area contributed by atoms with Gasteiger partial charge in [0.05, 0.1) is 16.3 Å². The highest BCUT2D eigenvalue weighted by Gasteiger charge is 2.24. The molecule has 1 aromatic heterocycles. The molecule has 4 nitrogen and oxygen atoms in total. The molecule has 0 spiro atoms. The van der Waals surface area contributed by atoms with Crippen molar-refractivity contribution in [2.24, 2.45) is 0 Å². The Bertz CT molecular complexity index is 1490. The molecule has 0 radical (unpaired) electrons. The molecule has 0 saturated carbocycles. The lowest BCUT2D eigenvalue weighted by molar-refractivity contribution is 0.0918. The summed E-state index contributed by atoms with van der Waals surface area (Å²) in [6.07, 6.45) is 0.649. The van der Waals surface area contributed by atoms with E-state index in [9.17, 15) is 14.0 Å². The van der Waals surface area contributed by atoms with E-state index in [0.29, 0.717) is 17.7 Å². The normalized spacial score (nSPS) is 12.1. The van der Waals surface area contributed by atoms with Crippen molar-refractivity contribution in [1.82, 2.24) is 4.57 Å². The molecule has 1 N–H and O–H groups in total. The first kappa shape index (κ1) is 22.9. The number of aromatic nitrogens is 1. The second-order valence-corrected chi connectivity index (χ2v) is 9.49. The van der Waals surface area contributed by atoms with Crippen molar-refractivity contribution >= 4 is 51.1 Å². The molecule has 0 bridgehead atoms. The number of rotatable bonds is 6. The van der Waals surface area contributed by atoms with Gasteiger partial charge < -0.3 is 5.32 Å². The van der Waals surface area contributed by atoms with Crippen LogP contribution < -0.4 is 5.32 Å². The Morgan fingerprint density at radius 1 is 0.857 bits per heavy atom. The van der Waals surface area contributed by atoms with Crippen LogP contribution in [-0.4, -0.2) is 21.6 Å². The van der Waals surface area contributed by atoms with Crippen LogP contribution in [0.4, 0.5) is 10.1 Å². The number of carbonyl (C=O) groups excluding carboxylic acids is 2. The van der Waals surface area contributed by atoms with Crippen LogP contribution in [0.1, 0.15) is 28.5 Å². The lowest BCUT2D eigenvalue weighted by Gasteiger charge is -2.16. The highest BCUT2D eigenvalue weighted by Crippen LogP contribution is 2.33. The van der Waals surface area contributed by atoms with Crippen molar-refractivity contribution in [2.75, 3.05) is 5.32 Å². The quantitative estimate of drug-likeness (QED) is 0.257. The zero-order valence-electron chi connectivity index (χ0n) is 19.1. The summed E-state index contributed by atoms with van der Waals surface area (Å²) in [7, 11) is 0. The van der Waals surface area contributed by atoms with Crippen LogP contribution in [0, 0.1) is 5.82 Å². The third kappa shape index (κ3) is 4.57. The molecule has 0 aliphatic carbocycles. The number of nitrogens with zero attached hydrogens (tertiary/aromatic N) is 1. The molecule has 5 aromatic rings. The van der Waals surface area contributed by atoms with E-state index in [4.69, 9.17) is 0 Å². The molecule has 35 heavy (non-hydrogen) atoms. The SMILES string of the molecule is CCC(Sc1cccc(NC(=O)c2ccc(F)cc2)c1)C(=O)n1c2ccccc2c2ccccc21. The molecule has 0 fully saturated rings. The maximum absolute atomic E-state index is 13.8. The second-order valence-electron chi connectivity index (χ2n) is 8.21. The molecule has 1 heterocycles. The van der Waals surface area contributed by atoms with Gasteiger partial charge in [-0.05, 0) is 61.0 Å². The van der Waals surface area contributed by atoms with E-state index in [1.165, 1.54) is 36.0 Å². The molecule has 4 aromatic carbocycles. The number of amides is 1. The van der Waals surface area contributed by atoms with Gasteiger partial charge in [-0.3, -0.25) is 14.2 Å². The molecule has 0 saturated heterocycles. The van der Waals surface area contributed by atoms with Gasteiger partial charge >= 0.3 is 0 Å². The minimum Gasteiger partial charge on any atom is -0.322 e. The van der Waals surface area contributed by atoms with Gasteiger partial charge in [-0.2, -0.15) is 0 Å². The Hall–Kier alpha value is -3.90. The summed E-state index contributed by atoms with van der Waals surface area (Å²) in [6, 6.07) is 28.8. The summed E-state index contributed by atoms with van der Waals surface area (Å²) in [4.78, 5) is 27.2. The Morgan fingerprint density at radius 2 is 1.49 bits per heavy atom. The van der Waals surface area contributed by atoms with Gasteiger partial charge in [0.1, 0.15) is 5.82 Å². The maximum atomic E-state index is 13.8. The Kier molecular flexibility index (Phi) is 6.38. The van der Waals surface area contributed by atoms with Gasteiger partial charge in [-0.15, -0.1) is 11.8 Å². The van der Waals surface area contributed by atoms with E-state index in [2.05, 4.69) is 5.32 Å². The first-order valence-corrected chi connectivity index (χ1v) is 12.3. The molecule has 6 heteroatoms. The molecule has 5 rings (SSSR count). The first-order chi connectivity index (χ1) is 17.0. The third-order valence-electron chi connectivity index (χ3n) is 5.92. The highest BCUT2D eigenvalue weighted by atomic mass is 32.2. The smallest absolute Gasteiger partial charge is 0.255 e. The predicted molar refractivity (Wildman–Crippen MR) is 141 cm³/mol. The zero-order chi connectivity index (χ0) is 24.4. The van der Waals surface area contributed by atoms with Crippen LogP contribution >= 0.6 is 11.8 Å². The summed E-state index contributed by atoms with van der Waals surface area (Å²) >= 11 is 1.48. The number of anilines is 1. The van der Waals surface area contributed by atoms with Crippen molar-refractivity contribution in [3.8, 4) is 0 Å². The molecule has 174 valence electrons. The number of benzene rings is 4. The van der Waals surface area contributed by atoms with Gasteiger partial charge in [0.25, 0.3) is 5.91 Å². The fourth-order valence-electron chi connectivity index (χ4n) is 4.23. The number of carbonyl (C=O) groups is 2. The molecule has 1 amide bonds. The van der Waals surface area contributed by atoms with Crippen molar-refractivity contribution in [3.63, 3.8) is 0 Å². The van der Waals surface area contributed by atoms with Crippen LogP contribution in [0.15, 0.2) is 102 Å². The van der Waals surface area contributed by atoms with Gasteiger partial charge in [0, 0.05) is 26.9 Å². The van der Waals surface area contributed by atoms with E-state index in [1.54, 1.807) is 6.07 Å². The van der Waals surface area contributed by atoms with Crippen molar-refractivity contribution in [1.29, 1.82) is 0 Å². The van der Waals surface area contributed by atoms with Gasteiger partial charge in [-0.25, -0.2) is 4.39 Å². The van der Waals surface area contributed by atoms with E-state index >= 15 is 0 Å². The first-order valence-electron chi connectivity index (χ1n) is 11.4. The predicted octanol–water partition coefficient (Wildman–Crippen LogP) is 7.40. The number of para-hydroxylation sites is 2. The van der Waals surface area contributed by atoms with Crippen LogP contribution in [-0.2, 0) is 0 Å². The van der Waals surface area contributed by atoms with Gasteiger partial charge in [0.2, 0.25) is 5.91 Å². The van der Waals surface area contributed by atoms with Crippen LogP contribution in [0.2, 0.25) is 0 Å². The van der Waals surface area contributed by atoms with Crippen LogP contribution in [0.25, 0.3) is 21.8 Å². The average molecular weight is 483 g/mol. The summed E-state index contributed by atoms with van der Waals surface area (Å²) in [5.74, 6) is -0.685. The lowest BCUT2D eigenvalue weighted by atomic mass is 10.2. The monoisotopic (exact) mass is 482 g/mol. The fourth-order valence-corrected chi connectivity index (χ4v) is 5.28. The molecule has 1 unspecified atom stereocenters. The summed E-state index contributed by atoms with van der Waals surface area (Å²) in [6.45, 7) is 2.00. The summed E-state index contributed by atoms with van der Waals surface area (Å²) in [5, 5.41) is 4.66. The Labute approximate surface area is 206 Å². The number of fused-ring (bicyclic) bond motifs is 3. The fraction of sp³-hybridized carbons (Fsp3) is 0.103. The number of thioether (sulfide) groups is 1. The number of nitrogens with one attached hydrogen (secondary N) is 1. The number of hydrogen-bond acceptors (Lipinski definition) is 3. The summed E-state index contributed by atoms with van der Waals surface area (Å²) in [5.41, 5.74) is 2.79. The maximum Gasteiger partial charge on any atom is 0.255 e. The molecule has 1 atom stereocenters.